The second-order valence-corrected chi connectivity index (χ2v) is 9.63. The SMILES string of the molecule is CC1(C)CN(C(=O)CN)Cc2cc(NC(=O)c3cccnc3NCc3ccnc4[nH]ccc34)ccc21. The quantitative estimate of drug-likeness (QED) is 0.333. The van der Waals surface area contributed by atoms with Crippen molar-refractivity contribution >= 4 is 34.4 Å². The average Bonchev–Trinajstić information content (AvgIpc) is 3.36. The summed E-state index contributed by atoms with van der Waals surface area (Å²) in [4.78, 5) is 39.1. The van der Waals surface area contributed by atoms with Gasteiger partial charge < -0.3 is 26.3 Å². The number of fused-ring (bicyclic) bond motifs is 2. The predicted octanol–water partition coefficient (Wildman–Crippen LogP) is 3.40. The molecule has 36 heavy (non-hydrogen) atoms. The number of nitrogens with zero attached hydrogens (tertiary/aromatic N) is 3. The lowest BCUT2D eigenvalue weighted by atomic mass is 9.78. The van der Waals surface area contributed by atoms with Crippen molar-refractivity contribution < 1.29 is 9.59 Å². The van der Waals surface area contributed by atoms with Crippen LogP contribution in [0.1, 0.15) is 40.9 Å². The third kappa shape index (κ3) is 4.52. The molecule has 4 heterocycles. The molecule has 9 heteroatoms. The number of anilines is 2. The van der Waals surface area contributed by atoms with E-state index in [-0.39, 0.29) is 23.8 Å². The van der Waals surface area contributed by atoms with E-state index in [0.29, 0.717) is 36.7 Å². The van der Waals surface area contributed by atoms with Crippen LogP contribution in [0.15, 0.2) is 61.1 Å². The maximum atomic E-state index is 13.2. The molecule has 1 aromatic carbocycles. The summed E-state index contributed by atoms with van der Waals surface area (Å²) < 4.78 is 0. The molecule has 0 radical (unpaired) electrons. The highest BCUT2D eigenvalue weighted by atomic mass is 16.2. The van der Waals surface area contributed by atoms with Crippen molar-refractivity contribution in [2.24, 2.45) is 5.73 Å². The highest BCUT2D eigenvalue weighted by molar-refractivity contribution is 6.07. The molecule has 0 aliphatic carbocycles. The minimum Gasteiger partial charge on any atom is -0.365 e. The van der Waals surface area contributed by atoms with Crippen LogP contribution in [0.5, 0.6) is 0 Å². The van der Waals surface area contributed by atoms with Gasteiger partial charge in [0.2, 0.25) is 5.91 Å². The molecule has 0 fully saturated rings. The zero-order valence-electron chi connectivity index (χ0n) is 20.3. The second-order valence-electron chi connectivity index (χ2n) is 9.63. The number of amides is 2. The fraction of sp³-hybridized carbons (Fsp3) is 0.259. The van der Waals surface area contributed by atoms with Crippen LogP contribution >= 0.6 is 0 Å². The van der Waals surface area contributed by atoms with Gasteiger partial charge in [0, 0.05) is 54.7 Å². The number of aromatic nitrogens is 3. The molecule has 0 bridgehead atoms. The molecule has 1 aliphatic heterocycles. The van der Waals surface area contributed by atoms with Gasteiger partial charge in [-0.25, -0.2) is 9.97 Å². The van der Waals surface area contributed by atoms with E-state index >= 15 is 0 Å². The number of benzene rings is 1. The van der Waals surface area contributed by atoms with E-state index in [1.165, 1.54) is 5.56 Å². The lowest BCUT2D eigenvalue weighted by molar-refractivity contribution is -0.131. The number of pyridine rings is 2. The normalized spacial score (nSPS) is 14.4. The van der Waals surface area contributed by atoms with Crippen LogP contribution in [-0.2, 0) is 23.3 Å². The number of carbonyl (C=O) groups excluding carboxylic acids is 2. The number of rotatable bonds is 6. The average molecular weight is 484 g/mol. The fourth-order valence-corrected chi connectivity index (χ4v) is 4.87. The minimum absolute atomic E-state index is 0.0201. The Labute approximate surface area is 209 Å². The summed E-state index contributed by atoms with van der Waals surface area (Å²) in [6, 6.07) is 13.3. The molecule has 0 spiro atoms. The van der Waals surface area contributed by atoms with Gasteiger partial charge in [-0.1, -0.05) is 19.9 Å². The van der Waals surface area contributed by atoms with Crippen LogP contribution in [0.25, 0.3) is 11.0 Å². The lowest BCUT2D eigenvalue weighted by Gasteiger charge is -2.40. The van der Waals surface area contributed by atoms with Crippen LogP contribution in [0.2, 0.25) is 0 Å². The van der Waals surface area contributed by atoms with Crippen molar-refractivity contribution in [3.05, 3.63) is 83.3 Å². The Morgan fingerprint density at radius 2 is 2.00 bits per heavy atom. The van der Waals surface area contributed by atoms with Crippen molar-refractivity contribution in [3.8, 4) is 0 Å². The first-order valence-corrected chi connectivity index (χ1v) is 11.9. The molecular weight excluding hydrogens is 454 g/mol. The predicted molar refractivity (Wildman–Crippen MR) is 140 cm³/mol. The van der Waals surface area contributed by atoms with Crippen molar-refractivity contribution in [2.45, 2.75) is 32.4 Å². The fourth-order valence-electron chi connectivity index (χ4n) is 4.87. The third-order valence-corrected chi connectivity index (χ3v) is 6.62. The summed E-state index contributed by atoms with van der Waals surface area (Å²) >= 11 is 0. The molecule has 1 aliphatic rings. The van der Waals surface area contributed by atoms with Gasteiger partial charge in [-0.2, -0.15) is 0 Å². The maximum Gasteiger partial charge on any atom is 0.259 e. The first-order valence-electron chi connectivity index (χ1n) is 11.9. The van der Waals surface area contributed by atoms with Gasteiger partial charge in [0.05, 0.1) is 12.1 Å². The summed E-state index contributed by atoms with van der Waals surface area (Å²) in [5, 5.41) is 7.31. The number of nitrogens with two attached hydrogens (primary N) is 1. The van der Waals surface area contributed by atoms with E-state index in [4.69, 9.17) is 5.73 Å². The Kier molecular flexibility index (Phi) is 6.15. The van der Waals surface area contributed by atoms with Gasteiger partial charge in [-0.15, -0.1) is 0 Å². The molecule has 0 saturated carbocycles. The number of carbonyl (C=O) groups is 2. The second kappa shape index (κ2) is 9.43. The van der Waals surface area contributed by atoms with E-state index in [9.17, 15) is 9.59 Å². The molecule has 5 N–H and O–H groups in total. The molecule has 2 amide bonds. The van der Waals surface area contributed by atoms with Crippen LogP contribution in [0.4, 0.5) is 11.5 Å². The Morgan fingerprint density at radius 3 is 2.83 bits per heavy atom. The Hall–Kier alpha value is -4.24. The molecule has 0 unspecified atom stereocenters. The number of hydrogen-bond donors (Lipinski definition) is 4. The third-order valence-electron chi connectivity index (χ3n) is 6.62. The van der Waals surface area contributed by atoms with Gasteiger partial charge in [0.25, 0.3) is 5.91 Å². The zero-order valence-corrected chi connectivity index (χ0v) is 20.3. The molecule has 5 rings (SSSR count). The van der Waals surface area contributed by atoms with Gasteiger partial charge in [-0.05, 0) is 53.1 Å². The minimum atomic E-state index is -0.267. The van der Waals surface area contributed by atoms with E-state index in [1.54, 1.807) is 29.4 Å². The molecular formula is C27H29N7O2. The van der Waals surface area contributed by atoms with Crippen LogP contribution < -0.4 is 16.4 Å². The van der Waals surface area contributed by atoms with Gasteiger partial charge in [0.15, 0.2) is 0 Å². The standard InChI is InChI=1S/C27H29N7O2/c1-27(2)16-34(23(35)13-28)15-18-12-19(5-6-22(18)27)33-26(36)21-4-3-9-29-25(21)32-14-17-7-10-30-24-20(17)8-11-31-24/h3-12H,13-16,28H2,1-2H3,(H,29,32)(H,30,31)(H,33,36). The van der Waals surface area contributed by atoms with Gasteiger partial charge >= 0.3 is 0 Å². The molecule has 4 aromatic rings. The van der Waals surface area contributed by atoms with Crippen molar-refractivity contribution in [1.29, 1.82) is 0 Å². The molecule has 3 aromatic heterocycles. The zero-order chi connectivity index (χ0) is 25.3. The lowest BCUT2D eigenvalue weighted by Crippen LogP contribution is -2.47. The Bertz CT molecular complexity index is 1440. The molecule has 184 valence electrons. The van der Waals surface area contributed by atoms with Gasteiger partial charge in [-0.3, -0.25) is 9.59 Å². The van der Waals surface area contributed by atoms with Crippen molar-refractivity contribution in [1.82, 2.24) is 19.9 Å². The summed E-state index contributed by atoms with van der Waals surface area (Å²) in [5.74, 6) is 0.145. The first-order chi connectivity index (χ1) is 17.4. The highest BCUT2D eigenvalue weighted by Crippen LogP contribution is 2.35. The van der Waals surface area contributed by atoms with Crippen LogP contribution in [-0.4, -0.2) is 44.8 Å². The number of aromatic amines is 1. The summed E-state index contributed by atoms with van der Waals surface area (Å²) in [7, 11) is 0. The van der Waals surface area contributed by atoms with Crippen molar-refractivity contribution in [2.75, 3.05) is 23.7 Å². The molecule has 0 atom stereocenters. The van der Waals surface area contributed by atoms with Crippen molar-refractivity contribution in [3.63, 3.8) is 0 Å². The summed E-state index contributed by atoms with van der Waals surface area (Å²) in [5.41, 5.74) is 10.5. The number of hydrogen-bond acceptors (Lipinski definition) is 6. The van der Waals surface area contributed by atoms with E-state index in [2.05, 4.69) is 39.4 Å². The summed E-state index contributed by atoms with van der Waals surface area (Å²) in [6.07, 6.45) is 5.26. The topological polar surface area (TPSA) is 129 Å². The number of H-pyrrole nitrogens is 1. The van der Waals surface area contributed by atoms with Crippen LogP contribution in [0.3, 0.4) is 0 Å². The highest BCUT2D eigenvalue weighted by Gasteiger charge is 2.33. The summed E-state index contributed by atoms with van der Waals surface area (Å²) in [6.45, 7) is 5.77. The molecule has 0 saturated heterocycles. The largest absolute Gasteiger partial charge is 0.365 e. The van der Waals surface area contributed by atoms with Gasteiger partial charge in [0.1, 0.15) is 11.5 Å². The Balaban J connectivity index is 1.35. The Morgan fingerprint density at radius 1 is 1.14 bits per heavy atom. The first kappa shape index (κ1) is 23.5. The monoisotopic (exact) mass is 483 g/mol. The molecule has 9 nitrogen and oxygen atoms in total. The van der Waals surface area contributed by atoms with Crippen LogP contribution in [0, 0.1) is 0 Å². The maximum absolute atomic E-state index is 13.2. The number of nitrogens with one attached hydrogen (secondary N) is 3. The smallest absolute Gasteiger partial charge is 0.259 e. The van der Waals surface area contributed by atoms with E-state index in [0.717, 1.165) is 22.2 Å². The van der Waals surface area contributed by atoms with E-state index in [1.807, 2.05) is 36.5 Å². The van der Waals surface area contributed by atoms with E-state index < -0.39 is 0 Å².